The molecule has 0 saturated carbocycles. The first-order chi connectivity index (χ1) is 10.6. The topological polar surface area (TPSA) is 50.8 Å². The van der Waals surface area contributed by atoms with Crippen LogP contribution in [0.1, 0.15) is 18.9 Å². The second-order valence-corrected chi connectivity index (χ2v) is 6.09. The van der Waals surface area contributed by atoms with Crippen molar-refractivity contribution in [1.29, 1.82) is 0 Å². The number of aromatic amines is 1. The van der Waals surface area contributed by atoms with Crippen LogP contribution in [0.25, 0.3) is 22.4 Å². The molecule has 22 heavy (non-hydrogen) atoms. The Morgan fingerprint density at radius 1 is 1.32 bits per heavy atom. The highest BCUT2D eigenvalue weighted by Crippen LogP contribution is 2.37. The number of pyridine rings is 1. The van der Waals surface area contributed by atoms with E-state index in [4.69, 9.17) is 4.74 Å². The van der Waals surface area contributed by atoms with Gasteiger partial charge >= 0.3 is 0 Å². The number of nitrogens with one attached hydrogen (secondary N) is 1. The van der Waals surface area contributed by atoms with Crippen molar-refractivity contribution in [2.24, 2.45) is 0 Å². The molecule has 0 saturated heterocycles. The third-order valence-corrected chi connectivity index (χ3v) is 4.50. The van der Waals surface area contributed by atoms with Gasteiger partial charge < -0.3 is 9.72 Å². The number of nitrogens with zero attached hydrogens (tertiary/aromatic N) is 2. The molecule has 6 heteroatoms. The van der Waals surface area contributed by atoms with E-state index in [9.17, 15) is 0 Å². The maximum absolute atomic E-state index is 5.97. The minimum Gasteiger partial charge on any atom is -0.478 e. The summed E-state index contributed by atoms with van der Waals surface area (Å²) in [5, 5.41) is 0. The summed E-state index contributed by atoms with van der Waals surface area (Å²) >= 11 is 9.03. The summed E-state index contributed by atoms with van der Waals surface area (Å²) in [5.74, 6) is 1.45. The fourth-order valence-electron chi connectivity index (χ4n) is 2.18. The van der Waals surface area contributed by atoms with Crippen LogP contribution in [0, 0.1) is 6.92 Å². The van der Waals surface area contributed by atoms with E-state index in [1.54, 1.807) is 12.4 Å². The summed E-state index contributed by atoms with van der Waals surface area (Å²) in [7, 11) is 0. The maximum atomic E-state index is 5.97. The van der Waals surface area contributed by atoms with E-state index in [1.165, 1.54) is 0 Å². The molecule has 1 aromatic carbocycles. The van der Waals surface area contributed by atoms with Gasteiger partial charge in [0, 0.05) is 6.20 Å². The average Bonchev–Trinajstić information content (AvgIpc) is 2.95. The number of ether oxygens (including phenoxy) is 1. The van der Waals surface area contributed by atoms with Crippen molar-refractivity contribution in [1.82, 2.24) is 15.0 Å². The van der Waals surface area contributed by atoms with Crippen molar-refractivity contribution in [3.8, 4) is 17.1 Å². The number of imidazole rings is 1. The van der Waals surface area contributed by atoms with E-state index < -0.39 is 0 Å². The Morgan fingerprint density at radius 2 is 2.14 bits per heavy atom. The van der Waals surface area contributed by atoms with Crippen LogP contribution in [-0.2, 0) is 0 Å². The van der Waals surface area contributed by atoms with E-state index in [0.717, 1.165) is 39.3 Å². The third-order valence-electron chi connectivity index (χ3n) is 3.47. The molecule has 1 N–H and O–H groups in total. The van der Waals surface area contributed by atoms with Gasteiger partial charge in [-0.2, -0.15) is 0 Å². The first kappa shape index (κ1) is 15.2. The maximum Gasteiger partial charge on any atom is 0.145 e. The third kappa shape index (κ3) is 2.80. The first-order valence-corrected chi connectivity index (χ1v) is 8.04. The molecular formula is C16H17N3OS2. The molecule has 0 amide bonds. The lowest BCUT2D eigenvalue weighted by Crippen LogP contribution is -2.09. The Bertz CT molecular complexity index is 783. The minimum atomic E-state index is -0.183. The van der Waals surface area contributed by atoms with Gasteiger partial charge in [0.2, 0.25) is 0 Å². The Hall–Kier alpha value is -1.66. The van der Waals surface area contributed by atoms with E-state index in [0.29, 0.717) is 5.75 Å². The number of hydrogen-bond donors (Lipinski definition) is 3. The lowest BCUT2D eigenvalue weighted by molar-refractivity contribution is 0.280. The average molecular weight is 331 g/mol. The molecule has 0 spiro atoms. The van der Waals surface area contributed by atoms with E-state index in [-0.39, 0.29) is 5.44 Å². The lowest BCUT2D eigenvalue weighted by atomic mass is 10.1. The number of hydrogen-bond acceptors (Lipinski definition) is 5. The zero-order valence-corrected chi connectivity index (χ0v) is 14.2. The lowest BCUT2D eigenvalue weighted by Gasteiger charge is -2.17. The SMILES string of the molecule is CCC(S)Oc1c(-c2nc3ccncc3[nH]2)ccc(C)c1S. The van der Waals surface area contributed by atoms with Gasteiger partial charge in [-0.25, -0.2) is 4.98 Å². The van der Waals surface area contributed by atoms with Gasteiger partial charge in [0.15, 0.2) is 0 Å². The molecule has 1 atom stereocenters. The molecule has 2 aromatic heterocycles. The summed E-state index contributed by atoms with van der Waals surface area (Å²) in [5.41, 5.74) is 3.51. The highest BCUT2D eigenvalue weighted by molar-refractivity contribution is 7.81. The molecule has 0 aliphatic carbocycles. The molecule has 0 radical (unpaired) electrons. The summed E-state index contributed by atoms with van der Waals surface area (Å²) < 4.78 is 5.97. The van der Waals surface area contributed by atoms with Crippen LogP contribution < -0.4 is 4.74 Å². The predicted molar refractivity (Wildman–Crippen MR) is 95.0 cm³/mol. The predicted octanol–water partition coefficient (Wildman–Crippen LogP) is 4.27. The van der Waals surface area contributed by atoms with Crippen molar-refractivity contribution in [3.63, 3.8) is 0 Å². The minimum absolute atomic E-state index is 0.183. The Morgan fingerprint density at radius 3 is 2.86 bits per heavy atom. The smallest absolute Gasteiger partial charge is 0.145 e. The number of aromatic nitrogens is 3. The van der Waals surface area contributed by atoms with E-state index in [2.05, 4.69) is 40.2 Å². The molecule has 2 heterocycles. The van der Waals surface area contributed by atoms with Crippen LogP contribution in [0.15, 0.2) is 35.5 Å². The molecule has 1 unspecified atom stereocenters. The van der Waals surface area contributed by atoms with Crippen molar-refractivity contribution < 1.29 is 4.74 Å². The van der Waals surface area contributed by atoms with Crippen LogP contribution in [-0.4, -0.2) is 20.4 Å². The molecular weight excluding hydrogens is 314 g/mol. The Labute approximate surface area is 140 Å². The number of aryl methyl sites for hydroxylation is 1. The zero-order chi connectivity index (χ0) is 15.7. The second kappa shape index (κ2) is 6.22. The summed E-state index contributed by atoms with van der Waals surface area (Å²) in [4.78, 5) is 12.8. The summed E-state index contributed by atoms with van der Waals surface area (Å²) in [6, 6.07) is 5.88. The monoisotopic (exact) mass is 331 g/mol. The Balaban J connectivity index is 2.14. The molecule has 114 valence electrons. The van der Waals surface area contributed by atoms with Gasteiger partial charge in [0.1, 0.15) is 17.0 Å². The van der Waals surface area contributed by atoms with Gasteiger partial charge in [-0.05, 0) is 31.0 Å². The van der Waals surface area contributed by atoms with Crippen LogP contribution in [0.5, 0.6) is 5.75 Å². The molecule has 0 bridgehead atoms. The van der Waals surface area contributed by atoms with Crippen LogP contribution in [0.2, 0.25) is 0 Å². The molecule has 0 fully saturated rings. The van der Waals surface area contributed by atoms with Crippen LogP contribution >= 0.6 is 25.3 Å². The molecule has 0 aliphatic heterocycles. The zero-order valence-electron chi connectivity index (χ0n) is 12.4. The number of H-pyrrole nitrogens is 1. The quantitative estimate of drug-likeness (QED) is 0.494. The van der Waals surface area contributed by atoms with Crippen LogP contribution in [0.4, 0.5) is 0 Å². The van der Waals surface area contributed by atoms with Crippen molar-refractivity contribution in [2.75, 3.05) is 0 Å². The van der Waals surface area contributed by atoms with E-state index >= 15 is 0 Å². The van der Waals surface area contributed by atoms with Gasteiger partial charge in [0.25, 0.3) is 0 Å². The largest absolute Gasteiger partial charge is 0.478 e. The van der Waals surface area contributed by atoms with Crippen LogP contribution in [0.3, 0.4) is 0 Å². The van der Waals surface area contributed by atoms with Crippen molar-refractivity contribution >= 4 is 36.3 Å². The number of fused-ring (bicyclic) bond motifs is 1. The summed E-state index contributed by atoms with van der Waals surface area (Å²) in [6.07, 6.45) is 4.29. The molecule has 3 aromatic rings. The number of rotatable bonds is 4. The fraction of sp³-hybridized carbons (Fsp3) is 0.250. The molecule has 0 aliphatic rings. The second-order valence-electron chi connectivity index (χ2n) is 5.07. The van der Waals surface area contributed by atoms with Crippen molar-refractivity contribution in [3.05, 3.63) is 36.2 Å². The molecule has 4 nitrogen and oxygen atoms in total. The first-order valence-electron chi connectivity index (χ1n) is 7.07. The standard InChI is InChI=1S/C16H17N3OS2/c1-3-13(21)20-14-10(5-4-9(2)15(14)22)16-18-11-6-7-17-8-12(11)19-16/h4-8,13,21-22H,3H2,1-2H3,(H,18,19). The van der Waals surface area contributed by atoms with Gasteiger partial charge in [-0.1, -0.05) is 13.0 Å². The van der Waals surface area contributed by atoms with Gasteiger partial charge in [-0.3, -0.25) is 4.98 Å². The van der Waals surface area contributed by atoms with Crippen molar-refractivity contribution in [2.45, 2.75) is 30.6 Å². The van der Waals surface area contributed by atoms with E-state index in [1.807, 2.05) is 32.0 Å². The Kier molecular flexibility index (Phi) is 4.31. The highest BCUT2D eigenvalue weighted by atomic mass is 32.1. The highest BCUT2D eigenvalue weighted by Gasteiger charge is 2.17. The fourth-order valence-corrected chi connectivity index (χ4v) is 2.53. The van der Waals surface area contributed by atoms with Gasteiger partial charge in [0.05, 0.1) is 27.7 Å². The summed E-state index contributed by atoms with van der Waals surface area (Å²) in [6.45, 7) is 4.03. The van der Waals surface area contributed by atoms with Gasteiger partial charge in [-0.15, -0.1) is 25.3 Å². The normalized spacial score (nSPS) is 12.5. The molecule has 3 rings (SSSR count). The number of benzene rings is 1. The number of thiol groups is 2.